The molecule has 0 aliphatic carbocycles. The summed E-state index contributed by atoms with van der Waals surface area (Å²) in [6.07, 6.45) is 4.63. The Kier molecular flexibility index (Phi) is 8.78. The zero-order chi connectivity index (χ0) is 28.9. The number of aromatic hydroxyl groups is 2. The average Bonchev–Trinajstić information content (AvgIpc) is 2.95. The van der Waals surface area contributed by atoms with Crippen molar-refractivity contribution in [3.05, 3.63) is 95.9 Å². The number of likely N-dealkylation sites (N-methyl/N-ethyl adjacent to an activating group) is 1. The first-order valence-electron chi connectivity index (χ1n) is 12.4. The number of hydrogen-bond acceptors (Lipinski definition) is 8. The van der Waals surface area contributed by atoms with E-state index in [0.717, 1.165) is 17.2 Å². The van der Waals surface area contributed by atoms with Gasteiger partial charge in [0.15, 0.2) is 0 Å². The molecule has 4 aromatic rings. The molecule has 2 aromatic heterocycles. The molecule has 4 rings (SSSR count). The first-order chi connectivity index (χ1) is 19.1. The number of aromatic nitrogens is 2. The van der Waals surface area contributed by atoms with Crippen molar-refractivity contribution in [2.24, 2.45) is 0 Å². The largest absolute Gasteiger partial charge is 0.508 e. The van der Waals surface area contributed by atoms with Gasteiger partial charge in [0.2, 0.25) is 10.0 Å². The summed E-state index contributed by atoms with van der Waals surface area (Å²) in [5.74, 6) is -0.948. The van der Waals surface area contributed by atoms with E-state index >= 15 is 0 Å². The Hall–Kier alpha value is -4.32. The van der Waals surface area contributed by atoms with Crippen LogP contribution < -0.4 is 4.90 Å². The number of hydrogen-bond donors (Lipinski definition) is 2. The Labute approximate surface area is 233 Å². The third-order valence-electron chi connectivity index (χ3n) is 6.34. The van der Waals surface area contributed by atoms with Crippen LogP contribution >= 0.6 is 0 Å². The second-order valence-corrected chi connectivity index (χ2v) is 11.2. The zero-order valence-electron chi connectivity index (χ0n) is 22.4. The van der Waals surface area contributed by atoms with Gasteiger partial charge in [-0.05, 0) is 54.4 Å². The summed E-state index contributed by atoms with van der Waals surface area (Å²) in [5.41, 5.74) is 3.39. The van der Waals surface area contributed by atoms with E-state index in [1.54, 1.807) is 55.7 Å². The van der Waals surface area contributed by atoms with Gasteiger partial charge in [-0.2, -0.15) is 4.31 Å². The molecule has 10 nitrogen and oxygen atoms in total. The summed E-state index contributed by atoms with van der Waals surface area (Å²) < 4.78 is 32.0. The second-order valence-electron chi connectivity index (χ2n) is 9.16. The molecule has 2 aromatic carbocycles. The van der Waals surface area contributed by atoms with Gasteiger partial charge in [0.1, 0.15) is 16.4 Å². The molecule has 0 bridgehead atoms. The molecule has 0 unspecified atom stereocenters. The fourth-order valence-electron chi connectivity index (χ4n) is 4.11. The summed E-state index contributed by atoms with van der Waals surface area (Å²) in [5, 5.41) is 20.0. The van der Waals surface area contributed by atoms with E-state index < -0.39 is 15.9 Å². The van der Waals surface area contributed by atoms with Crippen LogP contribution in [0.5, 0.6) is 11.5 Å². The molecule has 40 heavy (non-hydrogen) atoms. The highest BCUT2D eigenvalue weighted by Crippen LogP contribution is 2.30. The maximum atomic E-state index is 13.5. The molecule has 11 heteroatoms. The van der Waals surface area contributed by atoms with Crippen molar-refractivity contribution >= 4 is 21.6 Å². The maximum absolute atomic E-state index is 13.5. The summed E-state index contributed by atoms with van der Waals surface area (Å²) in [7, 11) is -0.713. The number of anilines is 1. The first-order valence-corrected chi connectivity index (χ1v) is 13.8. The molecule has 0 fully saturated rings. The highest BCUT2D eigenvalue weighted by atomic mass is 32.2. The molecule has 0 radical (unpaired) electrons. The average molecular weight is 563 g/mol. The van der Waals surface area contributed by atoms with Crippen LogP contribution in [-0.4, -0.2) is 66.1 Å². The number of amides is 1. The first kappa shape index (κ1) is 28.7. The number of benzene rings is 2. The van der Waals surface area contributed by atoms with E-state index in [4.69, 9.17) is 4.74 Å². The van der Waals surface area contributed by atoms with Crippen LogP contribution in [0, 0.1) is 6.92 Å². The Morgan fingerprint density at radius 1 is 1.02 bits per heavy atom. The number of rotatable bonds is 10. The number of methoxy groups -OCH3 is 1. The fraction of sp³-hybridized carbons (Fsp3) is 0.207. The Morgan fingerprint density at radius 2 is 1.77 bits per heavy atom. The van der Waals surface area contributed by atoms with Gasteiger partial charge in [-0.15, -0.1) is 0 Å². The van der Waals surface area contributed by atoms with Crippen molar-refractivity contribution in [1.82, 2.24) is 14.3 Å². The van der Waals surface area contributed by atoms with Gasteiger partial charge in [0.05, 0.1) is 24.4 Å². The molecule has 208 valence electrons. The fourth-order valence-corrected chi connectivity index (χ4v) is 5.30. The standard InChI is InChI=1S/C29H30N4O6S/c1-20-15-25(40(37,38)32(2)13-14-39-3)18-31-28(20)22-6-8-23(9-7-22)33(19-21-5-4-12-30-17-21)29(36)26-11-10-24(34)16-27(26)35/h4-12,15-18,34-35H,13-14,19H2,1-3H3. The number of ether oxygens (including phenoxy) is 1. The van der Waals surface area contributed by atoms with Crippen LogP contribution in [-0.2, 0) is 21.3 Å². The summed E-state index contributed by atoms with van der Waals surface area (Å²) in [4.78, 5) is 23.7. The number of pyridine rings is 2. The molecule has 0 saturated carbocycles. The Bertz CT molecular complexity index is 1600. The summed E-state index contributed by atoms with van der Waals surface area (Å²) in [6.45, 7) is 2.47. The lowest BCUT2D eigenvalue weighted by Gasteiger charge is -2.24. The summed E-state index contributed by atoms with van der Waals surface area (Å²) in [6, 6.07) is 16.1. The molecule has 0 spiro atoms. The van der Waals surface area contributed by atoms with Gasteiger partial charge in [-0.25, -0.2) is 8.42 Å². The minimum absolute atomic E-state index is 0.0375. The van der Waals surface area contributed by atoms with Crippen molar-refractivity contribution in [2.75, 3.05) is 32.2 Å². The Morgan fingerprint density at radius 3 is 2.40 bits per heavy atom. The molecule has 0 saturated heterocycles. The molecular formula is C29H30N4O6S. The second kappa shape index (κ2) is 12.2. The SMILES string of the molecule is COCCN(C)S(=O)(=O)c1cnc(-c2ccc(N(Cc3cccnc3)C(=O)c3ccc(O)cc3O)cc2)c(C)c1. The smallest absolute Gasteiger partial charge is 0.262 e. The van der Waals surface area contributed by atoms with Gasteiger partial charge in [0.25, 0.3) is 5.91 Å². The van der Waals surface area contributed by atoms with E-state index in [1.807, 2.05) is 6.07 Å². The van der Waals surface area contributed by atoms with Gasteiger partial charge in [0, 0.05) is 56.6 Å². The number of phenolic OH excluding ortho intramolecular Hbond substituents is 2. The monoisotopic (exact) mass is 562 g/mol. The highest BCUT2D eigenvalue weighted by Gasteiger charge is 2.24. The summed E-state index contributed by atoms with van der Waals surface area (Å²) >= 11 is 0. The third kappa shape index (κ3) is 6.28. The lowest BCUT2D eigenvalue weighted by molar-refractivity contribution is 0.0982. The van der Waals surface area contributed by atoms with Gasteiger partial charge in [-0.1, -0.05) is 18.2 Å². The molecule has 1 amide bonds. The lowest BCUT2D eigenvalue weighted by atomic mass is 10.1. The van der Waals surface area contributed by atoms with Crippen LogP contribution in [0.2, 0.25) is 0 Å². The number of carbonyl (C=O) groups excluding carboxylic acids is 1. The molecular weight excluding hydrogens is 532 g/mol. The predicted octanol–water partition coefficient (Wildman–Crippen LogP) is 3.98. The van der Waals surface area contributed by atoms with Crippen molar-refractivity contribution in [3.63, 3.8) is 0 Å². The van der Waals surface area contributed by atoms with Gasteiger partial charge < -0.3 is 19.8 Å². The normalized spacial score (nSPS) is 11.5. The third-order valence-corrected chi connectivity index (χ3v) is 8.17. The van der Waals surface area contributed by atoms with E-state index in [1.165, 1.54) is 41.7 Å². The predicted molar refractivity (Wildman–Crippen MR) is 151 cm³/mol. The molecule has 0 aliphatic heterocycles. The van der Waals surface area contributed by atoms with Crippen molar-refractivity contribution in [1.29, 1.82) is 0 Å². The quantitative estimate of drug-likeness (QED) is 0.297. The Balaban J connectivity index is 1.65. The van der Waals surface area contributed by atoms with Gasteiger partial charge in [-0.3, -0.25) is 14.8 Å². The number of aryl methyl sites for hydroxylation is 1. The number of phenols is 2. The minimum atomic E-state index is -3.72. The minimum Gasteiger partial charge on any atom is -0.508 e. The lowest BCUT2D eigenvalue weighted by Crippen LogP contribution is -2.30. The highest BCUT2D eigenvalue weighted by molar-refractivity contribution is 7.89. The molecule has 0 aliphatic rings. The number of carbonyl (C=O) groups is 1. The molecule has 2 N–H and O–H groups in total. The van der Waals surface area contributed by atoms with Crippen molar-refractivity contribution < 1.29 is 28.2 Å². The van der Waals surface area contributed by atoms with Crippen LogP contribution in [0.1, 0.15) is 21.5 Å². The van der Waals surface area contributed by atoms with Crippen LogP contribution in [0.4, 0.5) is 5.69 Å². The van der Waals surface area contributed by atoms with Crippen LogP contribution in [0.15, 0.2) is 84.1 Å². The van der Waals surface area contributed by atoms with Crippen molar-refractivity contribution in [2.45, 2.75) is 18.4 Å². The van der Waals surface area contributed by atoms with Crippen molar-refractivity contribution in [3.8, 4) is 22.8 Å². The zero-order valence-corrected chi connectivity index (χ0v) is 23.2. The molecule has 0 atom stereocenters. The number of sulfonamides is 1. The van der Waals surface area contributed by atoms with E-state index in [9.17, 15) is 23.4 Å². The molecule has 2 heterocycles. The maximum Gasteiger partial charge on any atom is 0.262 e. The van der Waals surface area contributed by atoms with E-state index in [0.29, 0.717) is 16.9 Å². The van der Waals surface area contributed by atoms with E-state index in [-0.39, 0.29) is 41.7 Å². The number of nitrogens with zero attached hydrogens (tertiary/aromatic N) is 4. The van der Waals surface area contributed by atoms with E-state index in [2.05, 4.69) is 9.97 Å². The topological polar surface area (TPSA) is 133 Å². The van der Waals surface area contributed by atoms with Crippen LogP contribution in [0.25, 0.3) is 11.3 Å². The van der Waals surface area contributed by atoms with Crippen LogP contribution in [0.3, 0.4) is 0 Å². The van der Waals surface area contributed by atoms with Gasteiger partial charge >= 0.3 is 0 Å².